The van der Waals surface area contributed by atoms with Gasteiger partial charge in [-0.2, -0.15) is 0 Å². The van der Waals surface area contributed by atoms with Gasteiger partial charge in [0.2, 0.25) is 0 Å². The summed E-state index contributed by atoms with van der Waals surface area (Å²) in [6.07, 6.45) is 6.30. The fourth-order valence-electron chi connectivity index (χ4n) is 3.07. The molecule has 0 aliphatic carbocycles. The summed E-state index contributed by atoms with van der Waals surface area (Å²) in [4.78, 5) is 4.30. The van der Waals surface area contributed by atoms with E-state index in [1.165, 1.54) is 12.3 Å². The minimum atomic E-state index is -0.293. The molecule has 1 atom stereocenters. The van der Waals surface area contributed by atoms with E-state index in [9.17, 15) is 4.39 Å². The van der Waals surface area contributed by atoms with Crippen LogP contribution in [0.4, 0.5) is 4.39 Å². The molecule has 1 unspecified atom stereocenters. The number of ether oxygens (including phenoxy) is 3. The van der Waals surface area contributed by atoms with E-state index in [1.54, 1.807) is 16.7 Å². The van der Waals surface area contributed by atoms with Crippen molar-refractivity contribution in [3.8, 4) is 17.0 Å². The number of nitrogens with zero attached hydrogens (tertiary/aromatic N) is 2. The zero-order chi connectivity index (χ0) is 17.8. The van der Waals surface area contributed by atoms with Crippen molar-refractivity contribution in [2.75, 3.05) is 19.8 Å². The van der Waals surface area contributed by atoms with Gasteiger partial charge in [0.15, 0.2) is 6.29 Å². The Balaban J connectivity index is 1.35. The van der Waals surface area contributed by atoms with Gasteiger partial charge in [-0.3, -0.25) is 4.40 Å². The molecule has 0 amide bonds. The van der Waals surface area contributed by atoms with Crippen molar-refractivity contribution in [1.29, 1.82) is 0 Å². The van der Waals surface area contributed by atoms with E-state index in [0.717, 1.165) is 42.9 Å². The van der Waals surface area contributed by atoms with E-state index in [-0.39, 0.29) is 12.1 Å². The zero-order valence-electron chi connectivity index (χ0n) is 14.4. The minimum absolute atomic E-state index is 0.0923. The summed E-state index contributed by atoms with van der Waals surface area (Å²) in [7, 11) is 0. The lowest BCUT2D eigenvalue weighted by Crippen LogP contribution is -2.24. The topological polar surface area (TPSA) is 45.0 Å². The Bertz CT molecular complexity index is 857. The van der Waals surface area contributed by atoms with Crippen LogP contribution in [0.3, 0.4) is 0 Å². The molecular weight excluding hydrogens is 335 g/mol. The molecule has 0 bridgehead atoms. The van der Waals surface area contributed by atoms with Crippen molar-refractivity contribution in [2.24, 2.45) is 0 Å². The Morgan fingerprint density at radius 3 is 2.81 bits per heavy atom. The second kappa shape index (κ2) is 7.85. The maximum absolute atomic E-state index is 13.5. The Morgan fingerprint density at radius 2 is 2.00 bits per heavy atom. The van der Waals surface area contributed by atoms with Crippen LogP contribution in [0.1, 0.15) is 19.3 Å². The molecular formula is C20H21FN2O3. The van der Waals surface area contributed by atoms with Crippen LogP contribution in [0.25, 0.3) is 16.9 Å². The lowest BCUT2D eigenvalue weighted by molar-refractivity contribution is -0.165. The molecule has 5 nitrogen and oxygen atoms in total. The molecule has 0 N–H and O–H groups in total. The SMILES string of the molecule is Fc1ccc2ncc(-c3ccc(OCCOC4CCCCO4)cc3)n2c1. The fourth-order valence-corrected chi connectivity index (χ4v) is 3.07. The van der Waals surface area contributed by atoms with E-state index >= 15 is 0 Å². The van der Waals surface area contributed by atoms with Gasteiger partial charge in [0, 0.05) is 18.4 Å². The van der Waals surface area contributed by atoms with Gasteiger partial charge >= 0.3 is 0 Å². The highest BCUT2D eigenvalue weighted by Gasteiger charge is 2.13. The fraction of sp³-hybridized carbons (Fsp3) is 0.350. The van der Waals surface area contributed by atoms with Crippen molar-refractivity contribution in [2.45, 2.75) is 25.6 Å². The molecule has 1 aliphatic heterocycles. The Morgan fingerprint density at radius 1 is 1.12 bits per heavy atom. The molecule has 26 heavy (non-hydrogen) atoms. The third-order valence-electron chi connectivity index (χ3n) is 4.41. The molecule has 0 saturated carbocycles. The third kappa shape index (κ3) is 3.86. The quantitative estimate of drug-likeness (QED) is 0.625. The average Bonchev–Trinajstić information content (AvgIpc) is 3.09. The van der Waals surface area contributed by atoms with Crippen molar-refractivity contribution in [3.05, 3.63) is 54.6 Å². The number of hydrogen-bond donors (Lipinski definition) is 0. The summed E-state index contributed by atoms with van der Waals surface area (Å²) in [6, 6.07) is 10.7. The number of pyridine rings is 1. The van der Waals surface area contributed by atoms with E-state index < -0.39 is 0 Å². The predicted molar refractivity (Wildman–Crippen MR) is 95.6 cm³/mol. The molecule has 4 rings (SSSR count). The van der Waals surface area contributed by atoms with Gasteiger partial charge in [-0.25, -0.2) is 9.37 Å². The number of fused-ring (bicyclic) bond motifs is 1. The number of imidazole rings is 1. The van der Waals surface area contributed by atoms with Crippen molar-refractivity contribution in [3.63, 3.8) is 0 Å². The summed E-state index contributed by atoms with van der Waals surface area (Å²) >= 11 is 0. The largest absolute Gasteiger partial charge is 0.491 e. The van der Waals surface area contributed by atoms with Crippen LogP contribution in [0.15, 0.2) is 48.8 Å². The van der Waals surface area contributed by atoms with Crippen LogP contribution in [0, 0.1) is 5.82 Å². The maximum Gasteiger partial charge on any atom is 0.157 e. The number of halogens is 1. The molecule has 1 fully saturated rings. The molecule has 2 aromatic heterocycles. The van der Waals surface area contributed by atoms with Crippen LogP contribution in [0.2, 0.25) is 0 Å². The lowest BCUT2D eigenvalue weighted by atomic mass is 10.1. The summed E-state index contributed by atoms with van der Waals surface area (Å²) in [5, 5.41) is 0. The van der Waals surface area contributed by atoms with E-state index in [0.29, 0.717) is 18.9 Å². The molecule has 3 heterocycles. The first-order valence-electron chi connectivity index (χ1n) is 8.89. The molecule has 0 radical (unpaired) electrons. The van der Waals surface area contributed by atoms with Gasteiger partial charge in [-0.15, -0.1) is 0 Å². The van der Waals surface area contributed by atoms with Crippen molar-refractivity contribution >= 4 is 5.65 Å². The number of benzene rings is 1. The standard InChI is InChI=1S/C20H21FN2O3/c21-16-6-9-19-22-13-18(23(19)14-16)15-4-7-17(8-5-15)24-11-12-26-20-3-1-2-10-25-20/h4-9,13-14,20H,1-3,10-12H2. The molecule has 6 heteroatoms. The average molecular weight is 356 g/mol. The number of hydrogen-bond acceptors (Lipinski definition) is 4. The van der Waals surface area contributed by atoms with Crippen molar-refractivity contribution in [1.82, 2.24) is 9.38 Å². The van der Waals surface area contributed by atoms with Crippen molar-refractivity contribution < 1.29 is 18.6 Å². The highest BCUT2D eigenvalue weighted by Crippen LogP contribution is 2.24. The summed E-state index contributed by atoms with van der Waals surface area (Å²) in [6.45, 7) is 1.75. The molecule has 136 valence electrons. The van der Waals surface area contributed by atoms with Gasteiger partial charge in [-0.1, -0.05) is 0 Å². The smallest absolute Gasteiger partial charge is 0.157 e. The van der Waals surface area contributed by atoms with E-state index in [2.05, 4.69) is 4.98 Å². The Hall–Kier alpha value is -2.44. The highest BCUT2D eigenvalue weighted by molar-refractivity contribution is 5.64. The Kier molecular flexibility index (Phi) is 5.13. The van der Waals surface area contributed by atoms with Gasteiger partial charge in [0.05, 0.1) is 18.5 Å². The first-order valence-corrected chi connectivity index (χ1v) is 8.89. The van der Waals surface area contributed by atoms with Gasteiger partial charge < -0.3 is 14.2 Å². The summed E-state index contributed by atoms with van der Waals surface area (Å²) < 4.78 is 32.1. The van der Waals surface area contributed by atoms with Gasteiger partial charge in [0.25, 0.3) is 0 Å². The van der Waals surface area contributed by atoms with Crippen LogP contribution in [-0.2, 0) is 9.47 Å². The van der Waals surface area contributed by atoms with Gasteiger partial charge in [0.1, 0.15) is 23.8 Å². The monoisotopic (exact) mass is 356 g/mol. The summed E-state index contributed by atoms with van der Waals surface area (Å²) in [5.74, 6) is 0.473. The number of rotatable bonds is 6. The van der Waals surface area contributed by atoms with E-state index in [4.69, 9.17) is 14.2 Å². The first kappa shape index (κ1) is 17.0. The highest BCUT2D eigenvalue weighted by atomic mass is 19.1. The second-order valence-corrected chi connectivity index (χ2v) is 6.26. The molecule has 1 aliphatic rings. The summed E-state index contributed by atoms with van der Waals surface area (Å²) in [5.41, 5.74) is 2.50. The predicted octanol–water partition coefficient (Wildman–Crippen LogP) is 4.06. The number of aromatic nitrogens is 2. The van der Waals surface area contributed by atoms with Crippen LogP contribution in [0.5, 0.6) is 5.75 Å². The minimum Gasteiger partial charge on any atom is -0.491 e. The van der Waals surface area contributed by atoms with Gasteiger partial charge in [-0.05, 0) is 55.7 Å². The van der Waals surface area contributed by atoms with E-state index in [1.807, 2.05) is 24.3 Å². The molecule has 1 saturated heterocycles. The molecule has 1 aromatic carbocycles. The van der Waals surface area contributed by atoms with Crippen LogP contribution in [-0.4, -0.2) is 35.5 Å². The molecule has 3 aromatic rings. The third-order valence-corrected chi connectivity index (χ3v) is 4.41. The Labute approximate surface area is 151 Å². The maximum atomic E-state index is 13.5. The molecule has 0 spiro atoms. The van der Waals surface area contributed by atoms with Crippen LogP contribution >= 0.6 is 0 Å². The normalized spacial score (nSPS) is 17.5. The zero-order valence-corrected chi connectivity index (χ0v) is 14.4. The first-order chi connectivity index (χ1) is 12.8. The lowest BCUT2D eigenvalue weighted by Gasteiger charge is -2.22. The second-order valence-electron chi connectivity index (χ2n) is 6.26. The van der Waals surface area contributed by atoms with Crippen LogP contribution < -0.4 is 4.74 Å².